The Hall–Kier alpha value is -2.73. The van der Waals surface area contributed by atoms with Gasteiger partial charge in [-0.15, -0.1) is 0 Å². The first-order valence-electron chi connectivity index (χ1n) is 20.2. The van der Waals surface area contributed by atoms with Crippen molar-refractivity contribution in [3.05, 3.63) is 0 Å². The van der Waals surface area contributed by atoms with Gasteiger partial charge in [-0.25, -0.2) is 0 Å². The molecule has 12 nitrogen and oxygen atoms in total. The molecule has 52 heavy (non-hydrogen) atoms. The highest BCUT2D eigenvalue weighted by molar-refractivity contribution is 5.73. The summed E-state index contributed by atoms with van der Waals surface area (Å²) in [6.07, 6.45) is 17.2. The fourth-order valence-corrected chi connectivity index (χ4v) is 5.96. The Labute approximate surface area is 313 Å². The van der Waals surface area contributed by atoms with Crippen molar-refractivity contribution in [1.82, 2.24) is 4.90 Å². The zero-order valence-corrected chi connectivity index (χ0v) is 32.9. The van der Waals surface area contributed by atoms with Crippen LogP contribution in [0.3, 0.4) is 0 Å². The van der Waals surface area contributed by atoms with E-state index in [0.717, 1.165) is 58.2 Å². The lowest BCUT2D eigenvalue weighted by Crippen LogP contribution is -2.43. The van der Waals surface area contributed by atoms with E-state index in [9.17, 15) is 24.0 Å². The van der Waals surface area contributed by atoms with Crippen LogP contribution in [0.25, 0.3) is 0 Å². The lowest BCUT2D eigenvalue weighted by Gasteiger charge is -2.31. The number of unbranched alkanes of at least 4 members (excludes halogenated alkanes) is 10. The summed E-state index contributed by atoms with van der Waals surface area (Å²) in [5, 5.41) is 0. The van der Waals surface area contributed by atoms with Gasteiger partial charge in [0, 0.05) is 39.2 Å². The first-order valence-corrected chi connectivity index (χ1v) is 20.2. The molecule has 0 bridgehead atoms. The topological polar surface area (TPSA) is 144 Å². The van der Waals surface area contributed by atoms with Crippen molar-refractivity contribution in [2.24, 2.45) is 5.41 Å². The van der Waals surface area contributed by atoms with E-state index in [-0.39, 0.29) is 83.3 Å². The fourth-order valence-electron chi connectivity index (χ4n) is 5.96. The summed E-state index contributed by atoms with van der Waals surface area (Å²) in [6.45, 7) is 7.39. The molecule has 1 aliphatic heterocycles. The van der Waals surface area contributed by atoms with Crippen LogP contribution >= 0.6 is 0 Å². The Morgan fingerprint density at radius 2 is 0.827 bits per heavy atom. The summed E-state index contributed by atoms with van der Waals surface area (Å²) in [5.74, 6) is -2.15. The lowest BCUT2D eigenvalue weighted by atomic mass is 9.92. The molecule has 0 aromatic carbocycles. The second kappa shape index (κ2) is 31.8. The van der Waals surface area contributed by atoms with Gasteiger partial charge in [-0.2, -0.15) is 0 Å². The quantitative estimate of drug-likeness (QED) is 0.0372. The molecule has 0 aliphatic carbocycles. The van der Waals surface area contributed by atoms with E-state index in [0.29, 0.717) is 19.6 Å². The van der Waals surface area contributed by atoms with Crippen LogP contribution in [-0.2, 0) is 52.4 Å². The van der Waals surface area contributed by atoms with E-state index in [1.54, 1.807) is 0 Å². The number of methoxy groups -OCH3 is 1. The van der Waals surface area contributed by atoms with Crippen LogP contribution in [0.2, 0.25) is 0 Å². The molecule has 1 heterocycles. The average molecular weight is 742 g/mol. The highest BCUT2D eigenvalue weighted by Crippen LogP contribution is 2.22. The molecule has 1 saturated heterocycles. The largest absolute Gasteiger partial charge is 0.466 e. The van der Waals surface area contributed by atoms with Gasteiger partial charge in [0.15, 0.2) is 0 Å². The molecular formula is C40H71NO11. The Kier molecular flexibility index (Phi) is 28.9. The van der Waals surface area contributed by atoms with Crippen molar-refractivity contribution >= 4 is 29.8 Å². The number of hydrogen-bond donors (Lipinski definition) is 0. The van der Waals surface area contributed by atoms with Crippen molar-refractivity contribution in [3.63, 3.8) is 0 Å². The van der Waals surface area contributed by atoms with E-state index in [2.05, 4.69) is 18.7 Å². The molecule has 0 unspecified atom stereocenters. The number of ether oxygens (including phenoxy) is 6. The second-order valence-electron chi connectivity index (χ2n) is 14.3. The van der Waals surface area contributed by atoms with Gasteiger partial charge < -0.3 is 33.3 Å². The monoisotopic (exact) mass is 742 g/mol. The number of carbonyl (C=O) groups is 5. The van der Waals surface area contributed by atoms with Crippen molar-refractivity contribution in [2.45, 2.75) is 155 Å². The van der Waals surface area contributed by atoms with Crippen molar-refractivity contribution in [1.29, 1.82) is 0 Å². The Morgan fingerprint density at radius 1 is 0.462 bits per heavy atom. The standard InChI is InChI=1S/C40H71NO11/c1-4-6-8-10-12-16-29-48-35(42)21-18-23-37(44)50-32-40(31-47-3,34-52-39(46)25-20-28-41-26-14-15-27-41)33-51-38(45)24-19-22-36(43)49-30-17-13-11-9-7-5-2/h4-34H2,1-3H3. The highest BCUT2D eigenvalue weighted by atomic mass is 16.6. The smallest absolute Gasteiger partial charge is 0.305 e. The van der Waals surface area contributed by atoms with Crippen LogP contribution < -0.4 is 0 Å². The first kappa shape index (κ1) is 47.3. The second-order valence-corrected chi connectivity index (χ2v) is 14.3. The number of carbonyl (C=O) groups excluding carboxylic acids is 5. The summed E-state index contributed by atoms with van der Waals surface area (Å²) in [7, 11) is 1.46. The third kappa shape index (κ3) is 26.1. The minimum Gasteiger partial charge on any atom is -0.466 e. The molecule has 0 aromatic rings. The first-order chi connectivity index (χ1) is 25.2. The van der Waals surface area contributed by atoms with Gasteiger partial charge in [0.25, 0.3) is 0 Å². The number of rotatable bonds is 34. The molecule has 0 atom stereocenters. The minimum absolute atomic E-state index is 0.000210. The molecule has 1 aliphatic rings. The fraction of sp³-hybridized carbons (Fsp3) is 0.875. The average Bonchev–Trinajstić information content (AvgIpc) is 3.65. The van der Waals surface area contributed by atoms with E-state index in [4.69, 9.17) is 28.4 Å². The predicted octanol–water partition coefficient (Wildman–Crippen LogP) is 7.27. The molecule has 0 saturated carbocycles. The van der Waals surface area contributed by atoms with E-state index < -0.39 is 23.3 Å². The zero-order valence-electron chi connectivity index (χ0n) is 32.9. The van der Waals surface area contributed by atoms with E-state index in [1.165, 1.54) is 58.5 Å². The summed E-state index contributed by atoms with van der Waals surface area (Å²) < 4.78 is 32.7. The predicted molar refractivity (Wildman–Crippen MR) is 198 cm³/mol. The number of esters is 5. The SMILES string of the molecule is CCCCCCCCOC(=O)CCCC(=O)OCC(COC)(COC(=O)CCCC(=O)OCCCCCCCC)COC(=O)CCCN1CCCC1. The van der Waals surface area contributed by atoms with E-state index in [1.807, 2.05) is 0 Å². The number of hydrogen-bond acceptors (Lipinski definition) is 12. The summed E-state index contributed by atoms with van der Waals surface area (Å²) in [6, 6.07) is 0. The summed E-state index contributed by atoms with van der Waals surface area (Å²) >= 11 is 0. The third-order valence-corrected chi connectivity index (χ3v) is 9.17. The normalized spacial score (nSPS) is 13.1. The Bertz CT molecular complexity index is 915. The zero-order chi connectivity index (χ0) is 38.1. The third-order valence-electron chi connectivity index (χ3n) is 9.17. The molecule has 12 heteroatoms. The van der Waals surface area contributed by atoms with Gasteiger partial charge in [0.2, 0.25) is 0 Å². The van der Waals surface area contributed by atoms with Crippen LogP contribution in [0.5, 0.6) is 0 Å². The van der Waals surface area contributed by atoms with Gasteiger partial charge >= 0.3 is 29.8 Å². The van der Waals surface area contributed by atoms with Gasteiger partial charge in [0.1, 0.15) is 19.8 Å². The maximum absolute atomic E-state index is 12.7. The maximum atomic E-state index is 12.7. The van der Waals surface area contributed by atoms with Crippen LogP contribution in [0.4, 0.5) is 0 Å². The van der Waals surface area contributed by atoms with Crippen LogP contribution in [0, 0.1) is 5.41 Å². The van der Waals surface area contributed by atoms with Crippen LogP contribution in [-0.4, -0.2) is 101 Å². The van der Waals surface area contributed by atoms with E-state index >= 15 is 0 Å². The van der Waals surface area contributed by atoms with Gasteiger partial charge in [-0.05, 0) is 64.6 Å². The van der Waals surface area contributed by atoms with Gasteiger partial charge in [-0.3, -0.25) is 24.0 Å². The molecule has 0 N–H and O–H groups in total. The van der Waals surface area contributed by atoms with Gasteiger partial charge in [-0.1, -0.05) is 78.1 Å². The molecule has 302 valence electrons. The van der Waals surface area contributed by atoms with Crippen molar-refractivity contribution in [2.75, 3.05) is 66.4 Å². The Balaban J connectivity index is 2.56. The summed E-state index contributed by atoms with van der Waals surface area (Å²) in [4.78, 5) is 64.6. The molecular weight excluding hydrogens is 670 g/mol. The van der Waals surface area contributed by atoms with Crippen LogP contribution in [0.1, 0.15) is 155 Å². The Morgan fingerprint density at radius 3 is 1.23 bits per heavy atom. The van der Waals surface area contributed by atoms with Gasteiger partial charge in [0.05, 0.1) is 25.2 Å². The molecule has 0 amide bonds. The number of likely N-dealkylation sites (tertiary alicyclic amines) is 1. The number of nitrogens with zero attached hydrogens (tertiary/aromatic N) is 1. The molecule has 0 radical (unpaired) electrons. The maximum Gasteiger partial charge on any atom is 0.305 e. The summed E-state index contributed by atoms with van der Waals surface area (Å²) in [5.41, 5.74) is -1.14. The molecule has 1 fully saturated rings. The molecule has 0 spiro atoms. The molecule has 1 rings (SSSR count). The molecule has 0 aromatic heterocycles. The van der Waals surface area contributed by atoms with Crippen molar-refractivity contribution < 1.29 is 52.4 Å². The van der Waals surface area contributed by atoms with Crippen molar-refractivity contribution in [3.8, 4) is 0 Å². The lowest BCUT2D eigenvalue weighted by molar-refractivity contribution is -0.166. The van der Waals surface area contributed by atoms with Crippen LogP contribution in [0.15, 0.2) is 0 Å². The highest BCUT2D eigenvalue weighted by Gasteiger charge is 2.36. The minimum atomic E-state index is -1.14.